The van der Waals surface area contributed by atoms with Gasteiger partial charge in [-0.15, -0.1) is 0 Å². The fourth-order valence-electron chi connectivity index (χ4n) is 0. The van der Waals surface area contributed by atoms with E-state index in [1.807, 2.05) is 0 Å². The minimum atomic E-state index is -4.00. The highest BCUT2D eigenvalue weighted by Gasteiger charge is 2.15. The van der Waals surface area contributed by atoms with E-state index in [1.165, 1.54) is 0 Å². The Balaban J connectivity index is 0. The Labute approximate surface area is 37.5 Å². The fourth-order valence-corrected chi connectivity index (χ4v) is 0. The van der Waals surface area contributed by atoms with Crippen LogP contribution in [0.1, 0.15) is 6.92 Å². The third-order valence-electron chi connectivity index (χ3n) is 0. The van der Waals surface area contributed by atoms with Crippen LogP contribution in [0.25, 0.3) is 0 Å². The second-order valence-electron chi connectivity index (χ2n) is 0.781. The lowest BCUT2D eigenvalue weighted by Crippen LogP contribution is -1.95. The largest absolute Gasteiger partial charge is 0.386 e. The summed E-state index contributed by atoms with van der Waals surface area (Å²) in [6.45, 7) is 0.188. The number of hydrogen-bond acceptors (Lipinski definition) is 1. The molecule has 0 saturated heterocycles. The molecule has 0 radical (unpaired) electrons. The zero-order valence-electron chi connectivity index (χ0n) is 3.46. The molecule has 0 aromatic rings. The molecule has 1 N–H and O–H groups in total. The number of alkyl halides is 3. The van der Waals surface area contributed by atoms with Gasteiger partial charge in [-0.05, 0) is 0 Å². The van der Waals surface area contributed by atoms with Gasteiger partial charge in [-0.3, -0.25) is 0 Å². The average Bonchev–Trinajstić information content (AvgIpc) is 1.36. The van der Waals surface area contributed by atoms with Crippen LogP contribution in [0, 0.1) is 0 Å². The van der Waals surface area contributed by atoms with Gasteiger partial charge >= 0.3 is 6.18 Å². The van der Waals surface area contributed by atoms with Crippen molar-refractivity contribution >= 4 is 0 Å². The van der Waals surface area contributed by atoms with Crippen molar-refractivity contribution in [2.45, 2.75) is 13.1 Å². The molecule has 7 heavy (non-hydrogen) atoms. The van der Waals surface area contributed by atoms with Crippen LogP contribution in [0.5, 0.6) is 0 Å². The van der Waals surface area contributed by atoms with E-state index in [0.717, 1.165) is 0 Å². The van der Waals surface area contributed by atoms with Gasteiger partial charge in [-0.25, -0.2) is 5.31 Å². The maximum absolute atomic E-state index is 10.4. The van der Waals surface area contributed by atoms with Crippen LogP contribution in [-0.2, 0) is 0 Å². The molecule has 0 rings (SSSR count). The van der Waals surface area contributed by atoms with E-state index < -0.39 is 6.18 Å². The second-order valence-corrected chi connectivity index (χ2v) is 0.781. The van der Waals surface area contributed by atoms with Crippen LogP contribution < -0.4 is 0 Å². The van der Waals surface area contributed by atoms with Crippen LogP contribution in [0.4, 0.5) is 17.7 Å². The van der Waals surface area contributed by atoms with Crippen molar-refractivity contribution in [1.29, 1.82) is 0 Å². The molecule has 0 aliphatic heterocycles. The lowest BCUT2D eigenvalue weighted by atomic mass is 10.8. The number of halogens is 4. The molecular formula is C2H4F4O. The van der Waals surface area contributed by atoms with Crippen molar-refractivity contribution in [2.24, 2.45) is 0 Å². The Morgan fingerprint density at radius 3 is 1.14 bits per heavy atom. The highest BCUT2D eigenvalue weighted by molar-refractivity contribution is 4.26. The Bertz CT molecular complexity index is 25.2. The lowest BCUT2D eigenvalue weighted by molar-refractivity contribution is -0.110. The number of rotatable bonds is 0. The normalized spacial score (nSPS) is 9.43. The Kier molecular flexibility index (Phi) is 5.42. The summed E-state index contributed by atoms with van der Waals surface area (Å²) in [7, 11) is 0. The van der Waals surface area contributed by atoms with Gasteiger partial charge in [0.25, 0.3) is 0 Å². The second kappa shape index (κ2) is 3.86. The Morgan fingerprint density at radius 2 is 1.14 bits per heavy atom. The summed E-state index contributed by atoms with van der Waals surface area (Å²) in [6.07, 6.45) is -4.00. The maximum Gasteiger partial charge on any atom is 0.386 e. The van der Waals surface area contributed by atoms with Gasteiger partial charge in [0.1, 0.15) is 0 Å². The van der Waals surface area contributed by atoms with Crippen molar-refractivity contribution in [3.63, 3.8) is 0 Å². The summed E-state index contributed by atoms with van der Waals surface area (Å²) in [5, 5.41) is 5.50. The Hall–Kier alpha value is -0.320. The summed E-state index contributed by atoms with van der Waals surface area (Å²) in [5.74, 6) is 0. The van der Waals surface area contributed by atoms with Crippen molar-refractivity contribution < 1.29 is 23.0 Å². The first-order valence-corrected chi connectivity index (χ1v) is 1.24. The first kappa shape index (κ1) is 9.84. The minimum absolute atomic E-state index is 0.188. The molecule has 5 heteroatoms. The summed E-state index contributed by atoms with van der Waals surface area (Å²) in [6, 6.07) is 0. The molecule has 0 aromatic carbocycles. The van der Waals surface area contributed by atoms with Gasteiger partial charge in [-0.2, -0.15) is 13.2 Å². The van der Waals surface area contributed by atoms with Gasteiger partial charge in [0.05, 0.1) is 0 Å². The topological polar surface area (TPSA) is 20.2 Å². The van der Waals surface area contributed by atoms with E-state index in [4.69, 9.17) is 9.84 Å². The molecule has 0 aliphatic carbocycles. The van der Waals surface area contributed by atoms with Crippen LogP contribution in [-0.4, -0.2) is 11.5 Å². The molecule has 46 valence electrons. The summed E-state index contributed by atoms with van der Waals surface area (Å²) in [4.78, 5) is 0. The van der Waals surface area contributed by atoms with E-state index in [9.17, 15) is 13.2 Å². The molecule has 0 saturated carbocycles. The molecule has 1 nitrogen and oxygen atoms in total. The molecular weight excluding hydrogens is 116 g/mol. The molecule has 0 amide bonds. The molecule has 0 bridgehead atoms. The summed E-state index contributed by atoms with van der Waals surface area (Å²) in [5.41, 5.74) is 0. The van der Waals surface area contributed by atoms with Gasteiger partial charge in [-0.1, -0.05) is 4.53 Å². The third-order valence-corrected chi connectivity index (χ3v) is 0. The molecule has 0 unspecified atom stereocenters. The first-order valence-electron chi connectivity index (χ1n) is 1.24. The average molecular weight is 120 g/mol. The highest BCUT2D eigenvalue weighted by Crippen LogP contribution is 2.10. The first-order chi connectivity index (χ1) is 3.00. The van der Waals surface area contributed by atoms with Gasteiger partial charge in [0, 0.05) is 6.92 Å². The Morgan fingerprint density at radius 1 is 1.14 bits per heavy atom. The third kappa shape index (κ3) is 751. The van der Waals surface area contributed by atoms with Crippen molar-refractivity contribution in [3.8, 4) is 0 Å². The lowest BCUT2D eigenvalue weighted by Gasteiger charge is -1.88. The van der Waals surface area contributed by atoms with E-state index in [1.54, 1.807) is 0 Å². The van der Waals surface area contributed by atoms with Gasteiger partial charge in [0.2, 0.25) is 0 Å². The van der Waals surface area contributed by atoms with Crippen molar-refractivity contribution in [2.75, 3.05) is 0 Å². The van der Waals surface area contributed by atoms with E-state index >= 15 is 0 Å². The summed E-state index contributed by atoms with van der Waals surface area (Å²) < 4.78 is 39.6. The van der Waals surface area contributed by atoms with E-state index in [0.29, 0.717) is 0 Å². The zero-order valence-corrected chi connectivity index (χ0v) is 3.46. The maximum atomic E-state index is 10.4. The summed E-state index contributed by atoms with van der Waals surface area (Å²) >= 11 is 0. The zero-order chi connectivity index (χ0) is 6.50. The standard InChI is InChI=1S/C2H3F3.FHO/c1-2(3,4)5;1-2/h1H3;2H. The fraction of sp³-hybridized carbons (Fsp3) is 1.00. The van der Waals surface area contributed by atoms with Crippen LogP contribution in [0.3, 0.4) is 0 Å². The molecule has 0 atom stereocenters. The smallest absolute Gasteiger partial charge is 0.209 e. The van der Waals surface area contributed by atoms with Crippen LogP contribution >= 0.6 is 0 Å². The highest BCUT2D eigenvalue weighted by atomic mass is 19.4. The van der Waals surface area contributed by atoms with Crippen molar-refractivity contribution in [3.05, 3.63) is 0 Å². The quantitative estimate of drug-likeness (QED) is 0.479. The monoisotopic (exact) mass is 120 g/mol. The van der Waals surface area contributed by atoms with E-state index in [2.05, 4.69) is 0 Å². The molecule has 0 spiro atoms. The predicted octanol–water partition coefficient (Wildman–Crippen LogP) is 1.43. The van der Waals surface area contributed by atoms with Gasteiger partial charge in [0.15, 0.2) is 0 Å². The predicted molar refractivity (Wildman–Crippen MR) is 15.1 cm³/mol. The molecule has 0 fully saturated rings. The van der Waals surface area contributed by atoms with E-state index in [-0.39, 0.29) is 6.92 Å². The van der Waals surface area contributed by atoms with Crippen LogP contribution in [0.2, 0.25) is 0 Å². The SMILES string of the molecule is CC(F)(F)F.OF. The molecule has 0 heterocycles. The minimum Gasteiger partial charge on any atom is -0.209 e. The van der Waals surface area contributed by atoms with Gasteiger partial charge < -0.3 is 0 Å². The van der Waals surface area contributed by atoms with Crippen molar-refractivity contribution in [1.82, 2.24) is 0 Å². The molecule has 0 aliphatic rings. The number of hydrogen-bond donors (Lipinski definition) is 1. The van der Waals surface area contributed by atoms with Crippen LogP contribution in [0.15, 0.2) is 0 Å². The molecule has 0 aromatic heterocycles.